The second-order valence-electron chi connectivity index (χ2n) is 4.25. The lowest BCUT2D eigenvalue weighted by Crippen LogP contribution is -2.42. The highest BCUT2D eigenvalue weighted by molar-refractivity contribution is 7.10. The first-order chi connectivity index (χ1) is 9.08. The van der Waals surface area contributed by atoms with Crippen molar-refractivity contribution in [1.29, 1.82) is 0 Å². The summed E-state index contributed by atoms with van der Waals surface area (Å²) >= 11 is 1.49. The molecule has 1 amide bonds. The summed E-state index contributed by atoms with van der Waals surface area (Å²) in [5, 5.41) is 4.72. The molecule has 0 radical (unpaired) electrons. The first-order valence-electron chi connectivity index (χ1n) is 6.24. The number of hydrogen-bond acceptors (Lipinski definition) is 5. The average Bonchev–Trinajstić information content (AvgIpc) is 2.91. The van der Waals surface area contributed by atoms with Gasteiger partial charge in [-0.15, -0.1) is 11.3 Å². The van der Waals surface area contributed by atoms with Gasteiger partial charge in [0.1, 0.15) is 0 Å². The Balaban J connectivity index is 2.69. The predicted octanol–water partition coefficient (Wildman–Crippen LogP) is 1.60. The highest BCUT2D eigenvalue weighted by Crippen LogP contribution is 2.22. The second kappa shape index (κ2) is 7.91. The highest BCUT2D eigenvalue weighted by atomic mass is 32.1. The van der Waals surface area contributed by atoms with Crippen molar-refractivity contribution in [2.24, 2.45) is 5.73 Å². The van der Waals surface area contributed by atoms with Crippen molar-refractivity contribution < 1.29 is 14.3 Å². The molecule has 6 heteroatoms. The molecular formula is C13H20N2O3S. The van der Waals surface area contributed by atoms with Crippen LogP contribution in [0.15, 0.2) is 17.5 Å². The van der Waals surface area contributed by atoms with E-state index < -0.39 is 6.04 Å². The zero-order valence-electron chi connectivity index (χ0n) is 11.2. The summed E-state index contributed by atoms with van der Waals surface area (Å²) < 4.78 is 4.65. The van der Waals surface area contributed by atoms with E-state index in [1.165, 1.54) is 18.4 Å². The molecular weight excluding hydrogens is 264 g/mol. The maximum absolute atomic E-state index is 11.9. The Hall–Kier alpha value is -1.40. The van der Waals surface area contributed by atoms with Gasteiger partial charge in [-0.25, -0.2) is 0 Å². The molecule has 5 nitrogen and oxygen atoms in total. The Kier molecular flexibility index (Phi) is 6.52. The lowest BCUT2D eigenvalue weighted by Gasteiger charge is -2.19. The smallest absolute Gasteiger partial charge is 0.307 e. The molecule has 1 aromatic rings. The van der Waals surface area contributed by atoms with E-state index in [1.54, 1.807) is 0 Å². The van der Waals surface area contributed by atoms with Gasteiger partial charge >= 0.3 is 5.97 Å². The third-order valence-electron chi connectivity index (χ3n) is 2.74. The van der Waals surface area contributed by atoms with Crippen LogP contribution in [0.4, 0.5) is 0 Å². The van der Waals surface area contributed by atoms with E-state index in [-0.39, 0.29) is 24.3 Å². The molecule has 3 N–H and O–H groups in total. The van der Waals surface area contributed by atoms with Gasteiger partial charge in [0.05, 0.1) is 25.6 Å². The van der Waals surface area contributed by atoms with Crippen LogP contribution in [-0.2, 0) is 14.3 Å². The number of methoxy groups -OCH3 is 1. The molecule has 1 aromatic heterocycles. The highest BCUT2D eigenvalue weighted by Gasteiger charge is 2.22. The number of carbonyl (C=O) groups excluding carboxylic acids is 2. The van der Waals surface area contributed by atoms with E-state index in [9.17, 15) is 9.59 Å². The minimum atomic E-state index is -0.537. The first-order valence-corrected chi connectivity index (χ1v) is 7.12. The number of ether oxygens (including phenoxy) is 1. The Morgan fingerprint density at radius 2 is 2.26 bits per heavy atom. The topological polar surface area (TPSA) is 81.4 Å². The van der Waals surface area contributed by atoms with Gasteiger partial charge in [-0.2, -0.15) is 0 Å². The van der Waals surface area contributed by atoms with E-state index in [4.69, 9.17) is 5.73 Å². The molecule has 0 aliphatic heterocycles. The molecule has 0 spiro atoms. The fourth-order valence-corrected chi connectivity index (χ4v) is 2.46. The largest absolute Gasteiger partial charge is 0.469 e. The van der Waals surface area contributed by atoms with E-state index in [2.05, 4.69) is 10.1 Å². The normalized spacial score (nSPS) is 13.6. The molecule has 0 aliphatic carbocycles. The third-order valence-corrected chi connectivity index (χ3v) is 3.72. The minimum absolute atomic E-state index is 0.113. The van der Waals surface area contributed by atoms with Crippen LogP contribution in [0.2, 0.25) is 0 Å². The molecule has 0 bridgehead atoms. The third kappa shape index (κ3) is 5.00. The number of rotatable bonds is 7. The molecule has 0 fully saturated rings. The van der Waals surface area contributed by atoms with Gasteiger partial charge in [0.2, 0.25) is 5.91 Å². The van der Waals surface area contributed by atoms with Crippen LogP contribution in [0, 0.1) is 0 Å². The number of thiophene rings is 1. The molecule has 2 atom stereocenters. The molecule has 1 heterocycles. The van der Waals surface area contributed by atoms with Crippen molar-refractivity contribution in [3.63, 3.8) is 0 Å². The molecule has 1 unspecified atom stereocenters. The van der Waals surface area contributed by atoms with Gasteiger partial charge in [-0.1, -0.05) is 19.4 Å². The first kappa shape index (κ1) is 15.7. The molecule has 0 saturated heterocycles. The van der Waals surface area contributed by atoms with Gasteiger partial charge < -0.3 is 15.8 Å². The molecule has 0 saturated carbocycles. The zero-order chi connectivity index (χ0) is 14.3. The lowest BCUT2D eigenvalue weighted by molar-refractivity contribution is -0.141. The maximum Gasteiger partial charge on any atom is 0.307 e. The summed E-state index contributed by atoms with van der Waals surface area (Å²) in [6.07, 6.45) is 1.58. The van der Waals surface area contributed by atoms with Gasteiger partial charge in [0.15, 0.2) is 0 Å². The zero-order valence-corrected chi connectivity index (χ0v) is 12.0. The van der Waals surface area contributed by atoms with Crippen molar-refractivity contribution in [1.82, 2.24) is 5.32 Å². The van der Waals surface area contributed by atoms with Crippen molar-refractivity contribution in [3.8, 4) is 0 Å². The number of carbonyl (C=O) groups is 2. The molecule has 1 rings (SSSR count). The van der Waals surface area contributed by atoms with Crippen LogP contribution in [-0.4, -0.2) is 25.0 Å². The van der Waals surface area contributed by atoms with Crippen LogP contribution in [0.25, 0.3) is 0 Å². The van der Waals surface area contributed by atoms with Crippen molar-refractivity contribution >= 4 is 23.2 Å². The van der Waals surface area contributed by atoms with Crippen LogP contribution >= 0.6 is 11.3 Å². The number of esters is 1. The lowest BCUT2D eigenvalue weighted by atomic mass is 10.1. The fraction of sp³-hybridized carbons (Fsp3) is 0.538. The summed E-state index contributed by atoms with van der Waals surface area (Å²) in [4.78, 5) is 24.2. The van der Waals surface area contributed by atoms with Crippen LogP contribution < -0.4 is 11.1 Å². The summed E-state index contributed by atoms with van der Waals surface area (Å²) in [5.41, 5.74) is 5.77. The number of amides is 1. The van der Waals surface area contributed by atoms with Gasteiger partial charge in [-0.05, 0) is 17.9 Å². The van der Waals surface area contributed by atoms with Crippen molar-refractivity contribution in [3.05, 3.63) is 22.4 Å². The monoisotopic (exact) mass is 284 g/mol. The summed E-state index contributed by atoms with van der Waals surface area (Å²) in [7, 11) is 1.33. The number of nitrogens with two attached hydrogens (primary N) is 1. The fourth-order valence-electron chi connectivity index (χ4n) is 1.68. The van der Waals surface area contributed by atoms with Gasteiger partial charge in [0.25, 0.3) is 0 Å². The van der Waals surface area contributed by atoms with Gasteiger partial charge in [-0.3, -0.25) is 9.59 Å². The number of nitrogens with one attached hydrogen (secondary N) is 1. The molecule has 19 heavy (non-hydrogen) atoms. The molecule has 0 aromatic carbocycles. The molecule has 106 valence electrons. The van der Waals surface area contributed by atoms with E-state index >= 15 is 0 Å². The Bertz CT molecular complexity index is 406. The Morgan fingerprint density at radius 1 is 1.53 bits per heavy atom. The average molecular weight is 284 g/mol. The minimum Gasteiger partial charge on any atom is -0.469 e. The number of hydrogen-bond donors (Lipinski definition) is 2. The van der Waals surface area contributed by atoms with E-state index in [1.807, 2.05) is 24.4 Å². The quantitative estimate of drug-likeness (QED) is 0.745. The van der Waals surface area contributed by atoms with Crippen molar-refractivity contribution in [2.45, 2.75) is 38.3 Å². The van der Waals surface area contributed by atoms with Crippen LogP contribution in [0.3, 0.4) is 0 Å². The summed E-state index contributed by atoms with van der Waals surface area (Å²) in [5.74, 6) is -0.591. The summed E-state index contributed by atoms with van der Waals surface area (Å²) in [6.45, 7) is 1.97. The standard InChI is InChI=1S/C13H20N2O3S/c1-3-5-9(14)13(17)15-10(8-12(16)18-2)11-6-4-7-19-11/h4,6-7,9-10H,3,5,8,14H2,1-2H3,(H,15,17)/t9-,10?/m1/s1. The SMILES string of the molecule is CCC[C@@H](N)C(=O)NC(CC(=O)OC)c1cccs1. The van der Waals surface area contributed by atoms with Crippen molar-refractivity contribution in [2.75, 3.05) is 7.11 Å². The van der Waals surface area contributed by atoms with Gasteiger partial charge in [0, 0.05) is 4.88 Å². The Morgan fingerprint density at radius 3 is 2.79 bits per heavy atom. The second-order valence-corrected chi connectivity index (χ2v) is 5.23. The van der Waals surface area contributed by atoms with E-state index in [0.29, 0.717) is 6.42 Å². The van der Waals surface area contributed by atoms with Crippen LogP contribution in [0.1, 0.15) is 37.1 Å². The van der Waals surface area contributed by atoms with Crippen LogP contribution in [0.5, 0.6) is 0 Å². The predicted molar refractivity (Wildman–Crippen MR) is 74.7 cm³/mol. The molecule has 0 aliphatic rings. The maximum atomic E-state index is 11.9. The summed E-state index contributed by atoms with van der Waals surface area (Å²) in [6, 6.07) is 2.85. The van der Waals surface area contributed by atoms with E-state index in [0.717, 1.165) is 11.3 Å². The Labute approximate surface area is 117 Å².